The molecule has 78 valence electrons. The highest BCUT2D eigenvalue weighted by atomic mass is 16.5. The van der Waals surface area contributed by atoms with Crippen molar-refractivity contribution in [1.29, 1.82) is 0 Å². The molecule has 0 unspecified atom stereocenters. The molecule has 0 saturated heterocycles. The summed E-state index contributed by atoms with van der Waals surface area (Å²) in [5.41, 5.74) is -0.0961. The number of hydrogen-bond donors (Lipinski definition) is 0. The Morgan fingerprint density at radius 2 is 1.85 bits per heavy atom. The minimum atomic E-state index is -0.0961. The van der Waals surface area contributed by atoms with Gasteiger partial charge >= 0.3 is 0 Å². The van der Waals surface area contributed by atoms with Gasteiger partial charge in [0.05, 0.1) is 5.60 Å². The summed E-state index contributed by atoms with van der Waals surface area (Å²) < 4.78 is 5.49. The van der Waals surface area contributed by atoms with Crippen molar-refractivity contribution in [2.75, 3.05) is 20.7 Å². The average Bonchev–Trinajstić information content (AvgIpc) is 1.95. The van der Waals surface area contributed by atoms with Crippen molar-refractivity contribution in [3.8, 4) is 0 Å². The maximum Gasteiger partial charge on any atom is 0.222 e. The van der Waals surface area contributed by atoms with Gasteiger partial charge < -0.3 is 9.64 Å². The van der Waals surface area contributed by atoms with Crippen LogP contribution < -0.4 is 0 Å². The summed E-state index contributed by atoms with van der Waals surface area (Å²) in [6.45, 7) is 6.70. The predicted molar refractivity (Wildman–Crippen MR) is 53.6 cm³/mol. The lowest BCUT2D eigenvalue weighted by atomic mass is 10.2. The second-order valence-electron chi connectivity index (χ2n) is 4.35. The minimum absolute atomic E-state index is 0.0961. The van der Waals surface area contributed by atoms with Crippen molar-refractivity contribution in [3.05, 3.63) is 0 Å². The highest BCUT2D eigenvalue weighted by molar-refractivity contribution is 5.75. The van der Waals surface area contributed by atoms with E-state index < -0.39 is 0 Å². The van der Waals surface area contributed by atoms with E-state index in [2.05, 4.69) is 0 Å². The molecule has 0 aliphatic heterocycles. The van der Waals surface area contributed by atoms with E-state index in [0.29, 0.717) is 13.0 Å². The van der Waals surface area contributed by atoms with Gasteiger partial charge in [-0.25, -0.2) is 0 Å². The number of carbonyl (C=O) groups is 1. The molecule has 0 fully saturated rings. The fourth-order valence-electron chi connectivity index (χ4n) is 0.825. The van der Waals surface area contributed by atoms with Crippen molar-refractivity contribution in [1.82, 2.24) is 4.90 Å². The van der Waals surface area contributed by atoms with Gasteiger partial charge in [0, 0.05) is 27.1 Å². The van der Waals surface area contributed by atoms with Crippen LogP contribution in [0.15, 0.2) is 0 Å². The summed E-state index contributed by atoms with van der Waals surface area (Å²) in [7, 11) is 3.54. The topological polar surface area (TPSA) is 29.5 Å². The highest BCUT2D eigenvalue weighted by Crippen LogP contribution is 2.07. The van der Waals surface area contributed by atoms with Crippen molar-refractivity contribution >= 4 is 5.91 Å². The van der Waals surface area contributed by atoms with Crippen LogP contribution in [0.5, 0.6) is 0 Å². The van der Waals surface area contributed by atoms with Gasteiger partial charge in [0.15, 0.2) is 0 Å². The molecule has 0 heterocycles. The van der Waals surface area contributed by atoms with E-state index in [0.717, 1.165) is 6.42 Å². The normalized spacial score (nSPS) is 11.5. The van der Waals surface area contributed by atoms with Gasteiger partial charge in [-0.05, 0) is 27.2 Å². The summed E-state index contributed by atoms with van der Waals surface area (Å²) in [5, 5.41) is 0. The average molecular weight is 187 g/mol. The van der Waals surface area contributed by atoms with Gasteiger partial charge in [0.25, 0.3) is 0 Å². The molecule has 3 heteroatoms. The Bertz CT molecular complexity index is 159. The van der Waals surface area contributed by atoms with Crippen LogP contribution in [-0.2, 0) is 9.53 Å². The second-order valence-corrected chi connectivity index (χ2v) is 4.35. The summed E-state index contributed by atoms with van der Waals surface area (Å²) in [4.78, 5) is 12.7. The fraction of sp³-hybridized carbons (Fsp3) is 0.900. The number of rotatable bonds is 4. The standard InChI is InChI=1S/C10H21NO2/c1-10(2,3)13-8-6-7-9(12)11(4)5/h6-8H2,1-5H3. The van der Waals surface area contributed by atoms with Crippen molar-refractivity contribution < 1.29 is 9.53 Å². The quantitative estimate of drug-likeness (QED) is 0.627. The molecule has 0 bridgehead atoms. The van der Waals surface area contributed by atoms with Crippen LogP contribution in [0.3, 0.4) is 0 Å². The van der Waals surface area contributed by atoms with E-state index in [-0.39, 0.29) is 11.5 Å². The van der Waals surface area contributed by atoms with Crippen LogP contribution in [0.4, 0.5) is 0 Å². The Morgan fingerprint density at radius 3 is 2.23 bits per heavy atom. The second kappa shape index (κ2) is 5.22. The lowest BCUT2D eigenvalue weighted by molar-refractivity contribution is -0.129. The largest absolute Gasteiger partial charge is 0.376 e. The van der Waals surface area contributed by atoms with Crippen molar-refractivity contribution in [2.45, 2.75) is 39.2 Å². The van der Waals surface area contributed by atoms with Crippen LogP contribution in [0.25, 0.3) is 0 Å². The minimum Gasteiger partial charge on any atom is -0.376 e. The van der Waals surface area contributed by atoms with Gasteiger partial charge in [-0.3, -0.25) is 4.79 Å². The molecule has 0 radical (unpaired) electrons. The van der Waals surface area contributed by atoms with Crippen LogP contribution >= 0.6 is 0 Å². The van der Waals surface area contributed by atoms with E-state index in [9.17, 15) is 4.79 Å². The Balaban J connectivity index is 3.42. The first-order chi connectivity index (χ1) is 5.83. The van der Waals surface area contributed by atoms with Gasteiger partial charge in [-0.15, -0.1) is 0 Å². The Labute approximate surface area is 81.1 Å². The molecule has 0 saturated carbocycles. The van der Waals surface area contributed by atoms with Gasteiger partial charge in [-0.2, -0.15) is 0 Å². The van der Waals surface area contributed by atoms with E-state index in [4.69, 9.17) is 4.74 Å². The third-order valence-electron chi connectivity index (χ3n) is 1.57. The lowest BCUT2D eigenvalue weighted by Gasteiger charge is -2.19. The van der Waals surface area contributed by atoms with E-state index in [1.54, 1.807) is 19.0 Å². The van der Waals surface area contributed by atoms with Crippen LogP contribution in [0.2, 0.25) is 0 Å². The number of carbonyl (C=O) groups excluding carboxylic acids is 1. The number of hydrogen-bond acceptors (Lipinski definition) is 2. The first-order valence-corrected chi connectivity index (χ1v) is 4.67. The molecule has 1 amide bonds. The molecule has 0 aromatic heterocycles. The van der Waals surface area contributed by atoms with E-state index in [1.165, 1.54) is 0 Å². The number of nitrogens with zero attached hydrogens (tertiary/aromatic N) is 1. The summed E-state index contributed by atoms with van der Waals surface area (Å²) in [6.07, 6.45) is 1.37. The summed E-state index contributed by atoms with van der Waals surface area (Å²) >= 11 is 0. The van der Waals surface area contributed by atoms with Gasteiger partial charge in [0.1, 0.15) is 0 Å². The smallest absolute Gasteiger partial charge is 0.222 e. The Hall–Kier alpha value is -0.570. The predicted octanol–water partition coefficient (Wildman–Crippen LogP) is 1.67. The first kappa shape index (κ1) is 12.4. The zero-order valence-corrected chi connectivity index (χ0v) is 9.39. The maximum absolute atomic E-state index is 11.1. The van der Waals surface area contributed by atoms with Gasteiger partial charge in [0.2, 0.25) is 5.91 Å². The van der Waals surface area contributed by atoms with E-state index in [1.807, 2.05) is 20.8 Å². The molecule has 0 rings (SSSR count). The lowest BCUT2D eigenvalue weighted by Crippen LogP contribution is -2.23. The highest BCUT2D eigenvalue weighted by Gasteiger charge is 2.10. The van der Waals surface area contributed by atoms with Crippen LogP contribution in [-0.4, -0.2) is 37.1 Å². The number of ether oxygens (including phenoxy) is 1. The van der Waals surface area contributed by atoms with Crippen molar-refractivity contribution in [3.63, 3.8) is 0 Å². The molecular weight excluding hydrogens is 166 g/mol. The molecule has 13 heavy (non-hydrogen) atoms. The molecule has 0 N–H and O–H groups in total. The summed E-state index contributed by atoms with van der Waals surface area (Å²) in [5.74, 6) is 0.164. The Kier molecular flexibility index (Phi) is 4.99. The number of amides is 1. The summed E-state index contributed by atoms with van der Waals surface area (Å²) in [6, 6.07) is 0. The van der Waals surface area contributed by atoms with Crippen LogP contribution in [0, 0.1) is 0 Å². The monoisotopic (exact) mass is 187 g/mol. The fourth-order valence-corrected chi connectivity index (χ4v) is 0.825. The Morgan fingerprint density at radius 1 is 1.31 bits per heavy atom. The third kappa shape index (κ3) is 7.78. The first-order valence-electron chi connectivity index (χ1n) is 4.67. The molecule has 0 atom stereocenters. The molecule has 0 aliphatic rings. The van der Waals surface area contributed by atoms with E-state index >= 15 is 0 Å². The zero-order chi connectivity index (χ0) is 10.5. The van der Waals surface area contributed by atoms with Crippen LogP contribution in [0.1, 0.15) is 33.6 Å². The maximum atomic E-state index is 11.1. The third-order valence-corrected chi connectivity index (χ3v) is 1.57. The molecular formula is C10H21NO2. The SMILES string of the molecule is CN(C)C(=O)CCCOC(C)(C)C. The molecule has 0 aromatic carbocycles. The molecule has 0 spiro atoms. The van der Waals surface area contributed by atoms with Gasteiger partial charge in [-0.1, -0.05) is 0 Å². The molecule has 3 nitrogen and oxygen atoms in total. The molecule has 0 aromatic rings. The molecule has 0 aliphatic carbocycles. The zero-order valence-electron chi connectivity index (χ0n) is 9.39. The van der Waals surface area contributed by atoms with Crippen molar-refractivity contribution in [2.24, 2.45) is 0 Å².